The van der Waals surface area contributed by atoms with Crippen LogP contribution in [0.4, 0.5) is 0 Å². The molecule has 0 N–H and O–H groups in total. The van der Waals surface area contributed by atoms with Crippen molar-refractivity contribution in [1.29, 1.82) is 0 Å². The zero-order valence-corrected chi connectivity index (χ0v) is 19.0. The van der Waals surface area contributed by atoms with Gasteiger partial charge in [0.1, 0.15) is 13.2 Å². The van der Waals surface area contributed by atoms with Gasteiger partial charge in [0.05, 0.1) is 0 Å². The molecule has 0 unspecified atom stereocenters. The quantitative estimate of drug-likeness (QED) is 0.232. The Morgan fingerprint density at radius 1 is 0.686 bits per heavy atom. The van der Waals surface area contributed by atoms with Crippen molar-refractivity contribution in [2.75, 3.05) is 0 Å². The molecule has 1 heterocycles. The van der Waals surface area contributed by atoms with Gasteiger partial charge in [-0.2, -0.15) is 0 Å². The van der Waals surface area contributed by atoms with E-state index in [-0.39, 0.29) is 5.70 Å². The Kier molecular flexibility index (Phi) is 6.67. The summed E-state index contributed by atoms with van der Waals surface area (Å²) in [5.41, 5.74) is 3.84. The van der Waals surface area contributed by atoms with Crippen molar-refractivity contribution >= 4 is 17.9 Å². The van der Waals surface area contributed by atoms with E-state index < -0.39 is 5.97 Å². The molecule has 1 aliphatic heterocycles. The predicted octanol–water partition coefficient (Wildman–Crippen LogP) is 6.19. The number of carbonyl (C=O) groups excluding carboxylic acids is 1. The first kappa shape index (κ1) is 22.2. The van der Waals surface area contributed by atoms with Gasteiger partial charge in [-0.3, -0.25) is 0 Å². The summed E-state index contributed by atoms with van der Waals surface area (Å²) < 4.78 is 17.6. The van der Waals surface area contributed by atoms with E-state index in [2.05, 4.69) is 4.99 Å². The number of hydrogen-bond acceptors (Lipinski definition) is 5. The maximum absolute atomic E-state index is 12.4. The van der Waals surface area contributed by atoms with Gasteiger partial charge < -0.3 is 14.2 Å². The zero-order chi connectivity index (χ0) is 23.9. The zero-order valence-electron chi connectivity index (χ0n) is 19.0. The van der Waals surface area contributed by atoms with Crippen molar-refractivity contribution in [2.45, 2.75) is 13.2 Å². The summed E-state index contributed by atoms with van der Waals surface area (Å²) in [7, 11) is 0. The van der Waals surface area contributed by atoms with Crippen LogP contribution in [0.3, 0.4) is 0 Å². The largest absolute Gasteiger partial charge is 0.485 e. The smallest absolute Gasteiger partial charge is 0.363 e. The van der Waals surface area contributed by atoms with E-state index in [4.69, 9.17) is 14.2 Å². The average Bonchev–Trinajstić information content (AvgIpc) is 3.28. The van der Waals surface area contributed by atoms with Gasteiger partial charge in [-0.25, -0.2) is 9.79 Å². The Labute approximate surface area is 203 Å². The Morgan fingerprint density at radius 3 is 1.89 bits per heavy atom. The summed E-state index contributed by atoms with van der Waals surface area (Å²) in [5, 5.41) is 0. The molecule has 0 aromatic heterocycles. The lowest BCUT2D eigenvalue weighted by Gasteiger charge is -2.14. The molecule has 35 heavy (non-hydrogen) atoms. The number of esters is 1. The van der Waals surface area contributed by atoms with Crippen molar-refractivity contribution < 1.29 is 19.0 Å². The number of rotatable bonds is 8. The van der Waals surface area contributed by atoms with E-state index in [0.29, 0.717) is 30.6 Å². The number of carbonyl (C=O) groups is 1. The minimum absolute atomic E-state index is 0.232. The van der Waals surface area contributed by atoms with Crippen LogP contribution < -0.4 is 9.47 Å². The lowest BCUT2D eigenvalue weighted by molar-refractivity contribution is -0.129. The molecule has 1 aliphatic rings. The normalized spacial score (nSPS) is 13.9. The van der Waals surface area contributed by atoms with Crippen LogP contribution in [0.5, 0.6) is 11.5 Å². The molecule has 0 aliphatic carbocycles. The van der Waals surface area contributed by atoms with E-state index in [1.807, 2.05) is 109 Å². The highest BCUT2D eigenvalue weighted by Gasteiger charge is 2.24. The SMILES string of the molecule is O=C1OC(c2ccccc2)=N/C1=C/c1ccc(OCc2ccccc2)c(OCc2ccccc2)c1. The van der Waals surface area contributed by atoms with Crippen LogP contribution in [0, 0.1) is 0 Å². The van der Waals surface area contributed by atoms with Crippen molar-refractivity contribution in [3.8, 4) is 11.5 Å². The molecule has 172 valence electrons. The second-order valence-electron chi connectivity index (χ2n) is 7.96. The third kappa shape index (κ3) is 5.65. The Hall–Kier alpha value is -4.64. The van der Waals surface area contributed by atoms with Crippen LogP contribution in [-0.2, 0) is 22.7 Å². The monoisotopic (exact) mass is 461 g/mol. The second kappa shape index (κ2) is 10.5. The number of nitrogens with zero attached hydrogens (tertiary/aromatic N) is 1. The summed E-state index contributed by atoms with van der Waals surface area (Å²) in [6.07, 6.45) is 1.69. The maximum atomic E-state index is 12.4. The van der Waals surface area contributed by atoms with E-state index in [1.165, 1.54) is 0 Å². The maximum Gasteiger partial charge on any atom is 0.363 e. The number of cyclic esters (lactones) is 1. The van der Waals surface area contributed by atoms with Crippen molar-refractivity contribution in [1.82, 2.24) is 0 Å². The first-order valence-corrected chi connectivity index (χ1v) is 11.3. The molecule has 0 saturated heterocycles. The molecule has 0 bridgehead atoms. The summed E-state index contributed by atoms with van der Waals surface area (Å²) >= 11 is 0. The molecule has 4 aromatic carbocycles. The summed E-state index contributed by atoms with van der Waals surface area (Å²) in [6.45, 7) is 0.806. The van der Waals surface area contributed by atoms with Crippen LogP contribution in [0.2, 0.25) is 0 Å². The van der Waals surface area contributed by atoms with E-state index in [1.54, 1.807) is 6.08 Å². The lowest BCUT2D eigenvalue weighted by atomic mass is 10.1. The minimum Gasteiger partial charge on any atom is -0.485 e. The van der Waals surface area contributed by atoms with E-state index >= 15 is 0 Å². The van der Waals surface area contributed by atoms with Crippen molar-refractivity contribution in [2.24, 2.45) is 4.99 Å². The van der Waals surface area contributed by atoms with Crippen LogP contribution in [-0.4, -0.2) is 11.9 Å². The Morgan fingerprint density at radius 2 is 1.26 bits per heavy atom. The van der Waals surface area contributed by atoms with Crippen LogP contribution in [0.1, 0.15) is 22.3 Å². The Balaban J connectivity index is 1.40. The molecule has 0 spiro atoms. The lowest BCUT2D eigenvalue weighted by Crippen LogP contribution is -2.05. The van der Waals surface area contributed by atoms with Crippen LogP contribution in [0.25, 0.3) is 6.08 Å². The van der Waals surface area contributed by atoms with Gasteiger partial charge in [-0.05, 0) is 47.0 Å². The summed E-state index contributed by atoms with van der Waals surface area (Å²) in [4.78, 5) is 16.8. The third-order valence-corrected chi connectivity index (χ3v) is 5.39. The topological polar surface area (TPSA) is 57.1 Å². The van der Waals surface area contributed by atoms with Gasteiger partial charge in [-0.1, -0.05) is 84.9 Å². The Bertz CT molecular complexity index is 1360. The predicted molar refractivity (Wildman–Crippen MR) is 135 cm³/mol. The van der Waals surface area contributed by atoms with E-state index in [9.17, 15) is 4.79 Å². The minimum atomic E-state index is -0.486. The highest BCUT2D eigenvalue weighted by Crippen LogP contribution is 2.31. The third-order valence-electron chi connectivity index (χ3n) is 5.39. The van der Waals surface area contributed by atoms with Crippen molar-refractivity contribution in [3.63, 3.8) is 0 Å². The van der Waals surface area contributed by atoms with Gasteiger partial charge in [-0.15, -0.1) is 0 Å². The molecule has 0 radical (unpaired) electrons. The molecular formula is C30H23NO4. The van der Waals surface area contributed by atoms with E-state index in [0.717, 1.165) is 22.3 Å². The molecule has 5 rings (SSSR count). The summed E-state index contributed by atoms with van der Waals surface area (Å²) in [5.74, 6) is 1.01. The number of aliphatic imine (C=N–C) groups is 1. The van der Waals surface area contributed by atoms with Gasteiger partial charge in [0.15, 0.2) is 17.2 Å². The number of ether oxygens (including phenoxy) is 3. The molecule has 0 fully saturated rings. The first-order valence-electron chi connectivity index (χ1n) is 11.3. The molecule has 5 heteroatoms. The molecule has 4 aromatic rings. The molecular weight excluding hydrogens is 438 g/mol. The van der Waals surface area contributed by atoms with Crippen LogP contribution in [0.15, 0.2) is 120 Å². The number of hydrogen-bond donors (Lipinski definition) is 0. The fourth-order valence-corrected chi connectivity index (χ4v) is 3.59. The fraction of sp³-hybridized carbons (Fsp3) is 0.0667. The van der Waals surface area contributed by atoms with Gasteiger partial charge in [0.2, 0.25) is 5.90 Å². The highest BCUT2D eigenvalue weighted by atomic mass is 16.6. The van der Waals surface area contributed by atoms with Gasteiger partial charge in [0.25, 0.3) is 0 Å². The number of benzene rings is 4. The molecule has 0 atom stereocenters. The molecule has 0 amide bonds. The van der Waals surface area contributed by atoms with Crippen LogP contribution >= 0.6 is 0 Å². The standard InChI is InChI=1S/C30H23NO4/c32-30-26(31-29(35-30)25-14-8-3-9-15-25)18-24-16-17-27(33-20-22-10-4-1-5-11-22)28(19-24)34-21-23-12-6-2-7-13-23/h1-19H,20-21H2/b26-18+. The first-order chi connectivity index (χ1) is 17.2. The van der Waals surface area contributed by atoms with Gasteiger partial charge in [0, 0.05) is 5.56 Å². The molecule has 5 nitrogen and oxygen atoms in total. The van der Waals surface area contributed by atoms with Crippen molar-refractivity contribution in [3.05, 3.63) is 137 Å². The summed E-state index contributed by atoms with van der Waals surface area (Å²) in [6, 6.07) is 34.8. The average molecular weight is 462 g/mol. The molecule has 0 saturated carbocycles. The highest BCUT2D eigenvalue weighted by molar-refractivity contribution is 6.12. The van der Waals surface area contributed by atoms with Gasteiger partial charge >= 0.3 is 5.97 Å². The fourth-order valence-electron chi connectivity index (χ4n) is 3.59. The second-order valence-corrected chi connectivity index (χ2v) is 7.96.